The number of benzene rings is 1. The zero-order valence-electron chi connectivity index (χ0n) is 16.0. The number of nitrogens with one attached hydrogen (secondary N) is 2. The van der Waals surface area contributed by atoms with Gasteiger partial charge in [-0.3, -0.25) is 9.78 Å². The van der Waals surface area contributed by atoms with Crippen molar-refractivity contribution in [1.29, 1.82) is 0 Å². The molecule has 0 unspecified atom stereocenters. The predicted octanol–water partition coefficient (Wildman–Crippen LogP) is 2.94. The highest BCUT2D eigenvalue weighted by atomic mass is 19.1. The molecule has 4 N–H and O–H groups in total. The summed E-state index contributed by atoms with van der Waals surface area (Å²) < 4.78 is 14.8. The van der Waals surface area contributed by atoms with Gasteiger partial charge in [-0.25, -0.2) is 9.38 Å². The summed E-state index contributed by atoms with van der Waals surface area (Å²) in [5.41, 5.74) is 9.52. The van der Waals surface area contributed by atoms with E-state index in [0.29, 0.717) is 47.6 Å². The summed E-state index contributed by atoms with van der Waals surface area (Å²) in [6.45, 7) is 1.67. The second-order valence-corrected chi connectivity index (χ2v) is 7.89. The minimum Gasteiger partial charge on any atom is -0.387 e. The van der Waals surface area contributed by atoms with Crippen LogP contribution in [0.5, 0.6) is 0 Å². The Kier molecular flexibility index (Phi) is 4.20. The predicted molar refractivity (Wildman–Crippen MR) is 111 cm³/mol. The third kappa shape index (κ3) is 3.21. The smallest absolute Gasteiger partial charge is 0.235 e. The lowest BCUT2D eigenvalue weighted by Crippen LogP contribution is -2.29. The summed E-state index contributed by atoms with van der Waals surface area (Å²) in [5.74, 6) is -0.0872. The van der Waals surface area contributed by atoms with E-state index >= 15 is 0 Å². The molecule has 0 bridgehead atoms. The van der Waals surface area contributed by atoms with Crippen molar-refractivity contribution in [2.75, 3.05) is 11.9 Å². The molecule has 1 aromatic carbocycles. The average molecular weight is 391 g/mol. The first kappa shape index (κ1) is 18.0. The number of halogens is 1. The number of carbonyl (C=O) groups is 1. The summed E-state index contributed by atoms with van der Waals surface area (Å²) in [5, 5.41) is 6.30. The van der Waals surface area contributed by atoms with Crippen LogP contribution in [-0.2, 0) is 23.2 Å². The van der Waals surface area contributed by atoms with Gasteiger partial charge in [-0.1, -0.05) is 12.2 Å². The number of nitrogens with zero attached hydrogens (tertiary/aromatic N) is 2. The molecule has 1 aromatic heterocycles. The van der Waals surface area contributed by atoms with Crippen LogP contribution in [0.4, 0.5) is 15.8 Å². The summed E-state index contributed by atoms with van der Waals surface area (Å²) in [6, 6.07) is 5.22. The molecule has 0 radical (unpaired) electrons. The first-order chi connectivity index (χ1) is 14.0. The number of nitrogens with two attached hydrogens (primary N) is 1. The number of aliphatic imine (C=N–C) groups is 1. The molecule has 1 aliphatic carbocycles. The molecule has 1 saturated carbocycles. The molecule has 1 amide bonds. The highest BCUT2D eigenvalue weighted by Crippen LogP contribution is 2.50. The minimum atomic E-state index is -0.732. The number of aromatic nitrogens is 1. The number of amides is 1. The lowest BCUT2D eigenvalue weighted by molar-refractivity contribution is -0.118. The van der Waals surface area contributed by atoms with Crippen LogP contribution in [0.2, 0.25) is 0 Å². The van der Waals surface area contributed by atoms with E-state index < -0.39 is 5.41 Å². The molecule has 2 aromatic rings. The molecule has 5 rings (SSSR count). The number of carbonyl (C=O) groups excluding carboxylic acids is 1. The standard InChI is InChI=1S/C22H22FN5O/c23-17-9-14(10-19-16(17)2-1-3-20(24)28-19)22(5-6-22)21(29)27-15-8-13-11-25-7-4-18(13)26-12-15/h1-2,8-10,12,25H,3-7,11H2,(H2,24,28)(H,27,29). The Morgan fingerprint density at radius 2 is 2.14 bits per heavy atom. The van der Waals surface area contributed by atoms with Gasteiger partial charge in [0.15, 0.2) is 0 Å². The molecule has 0 saturated heterocycles. The van der Waals surface area contributed by atoms with Gasteiger partial charge in [0.05, 0.1) is 23.0 Å². The molecule has 3 aliphatic rings. The largest absolute Gasteiger partial charge is 0.387 e. The topological polar surface area (TPSA) is 92.4 Å². The van der Waals surface area contributed by atoms with E-state index in [2.05, 4.69) is 20.6 Å². The summed E-state index contributed by atoms with van der Waals surface area (Å²) in [7, 11) is 0. The van der Waals surface area contributed by atoms with Gasteiger partial charge >= 0.3 is 0 Å². The summed E-state index contributed by atoms with van der Waals surface area (Å²) in [4.78, 5) is 21.9. The van der Waals surface area contributed by atoms with E-state index in [1.165, 1.54) is 6.07 Å². The van der Waals surface area contributed by atoms with Crippen molar-refractivity contribution in [3.63, 3.8) is 0 Å². The molecule has 6 nitrogen and oxygen atoms in total. The second-order valence-electron chi connectivity index (χ2n) is 7.89. The van der Waals surface area contributed by atoms with Crippen LogP contribution in [0.25, 0.3) is 6.08 Å². The van der Waals surface area contributed by atoms with Gasteiger partial charge in [-0.05, 0) is 42.2 Å². The van der Waals surface area contributed by atoms with Crippen molar-refractivity contribution in [3.05, 3.63) is 58.7 Å². The van der Waals surface area contributed by atoms with Crippen molar-refractivity contribution in [1.82, 2.24) is 10.3 Å². The first-order valence-electron chi connectivity index (χ1n) is 9.89. The second kappa shape index (κ2) is 6.77. The van der Waals surface area contributed by atoms with Gasteiger partial charge in [0.1, 0.15) is 11.7 Å². The lowest BCUT2D eigenvalue weighted by atomic mass is 9.92. The zero-order valence-corrected chi connectivity index (χ0v) is 16.0. The summed E-state index contributed by atoms with van der Waals surface area (Å²) in [6.07, 6.45) is 7.91. The molecule has 0 atom stereocenters. The van der Waals surface area contributed by atoms with Crippen LogP contribution >= 0.6 is 0 Å². The first-order valence-corrected chi connectivity index (χ1v) is 9.89. The number of hydrogen-bond donors (Lipinski definition) is 3. The number of rotatable bonds is 3. The van der Waals surface area contributed by atoms with E-state index in [1.807, 2.05) is 6.07 Å². The van der Waals surface area contributed by atoms with E-state index in [-0.39, 0.29) is 11.7 Å². The Hall–Kier alpha value is -3.06. The van der Waals surface area contributed by atoms with Crippen LogP contribution in [-0.4, -0.2) is 23.3 Å². The fourth-order valence-electron chi connectivity index (χ4n) is 4.07. The minimum absolute atomic E-state index is 0.136. The molecule has 0 spiro atoms. The zero-order chi connectivity index (χ0) is 20.0. The molecule has 7 heteroatoms. The van der Waals surface area contributed by atoms with Gasteiger partial charge < -0.3 is 16.4 Å². The fourth-order valence-corrected chi connectivity index (χ4v) is 4.07. The number of amidine groups is 1. The average Bonchev–Trinajstić information content (AvgIpc) is 3.53. The Morgan fingerprint density at radius 1 is 1.28 bits per heavy atom. The number of anilines is 1. The Bertz CT molecular complexity index is 1070. The van der Waals surface area contributed by atoms with Crippen molar-refractivity contribution in [2.24, 2.45) is 10.7 Å². The maximum absolute atomic E-state index is 14.8. The molecule has 148 valence electrons. The maximum atomic E-state index is 14.8. The lowest BCUT2D eigenvalue weighted by Gasteiger charge is -2.20. The number of hydrogen-bond acceptors (Lipinski definition) is 5. The molecular weight excluding hydrogens is 369 g/mol. The van der Waals surface area contributed by atoms with E-state index in [9.17, 15) is 9.18 Å². The highest BCUT2D eigenvalue weighted by molar-refractivity contribution is 6.01. The van der Waals surface area contributed by atoms with Crippen molar-refractivity contribution >= 4 is 29.2 Å². The quantitative estimate of drug-likeness (QED) is 0.750. The Balaban J connectivity index is 1.44. The van der Waals surface area contributed by atoms with E-state index in [0.717, 1.165) is 30.8 Å². The molecular formula is C22H22FN5O. The SMILES string of the molecule is NC1=Nc2cc(C3(C(=O)Nc4cnc5c(c4)CNCC5)CC3)cc(F)c2C=CC1. The van der Waals surface area contributed by atoms with Crippen LogP contribution in [0.3, 0.4) is 0 Å². The number of fused-ring (bicyclic) bond motifs is 2. The monoisotopic (exact) mass is 391 g/mol. The van der Waals surface area contributed by atoms with Crippen molar-refractivity contribution < 1.29 is 9.18 Å². The normalized spacial score (nSPS) is 18.9. The highest BCUT2D eigenvalue weighted by Gasteiger charge is 2.51. The molecule has 3 heterocycles. The Morgan fingerprint density at radius 3 is 2.97 bits per heavy atom. The third-order valence-corrected chi connectivity index (χ3v) is 5.89. The molecule has 2 aliphatic heterocycles. The Labute approximate surface area is 168 Å². The van der Waals surface area contributed by atoms with Crippen LogP contribution in [0, 0.1) is 5.82 Å². The van der Waals surface area contributed by atoms with Crippen molar-refractivity contribution in [3.8, 4) is 0 Å². The van der Waals surface area contributed by atoms with Gasteiger partial charge in [0, 0.05) is 37.2 Å². The molecule has 1 fully saturated rings. The van der Waals surface area contributed by atoms with Crippen LogP contribution < -0.4 is 16.4 Å². The van der Waals surface area contributed by atoms with Crippen molar-refractivity contribution in [2.45, 2.75) is 37.6 Å². The van der Waals surface area contributed by atoms with Gasteiger partial charge in [0.2, 0.25) is 5.91 Å². The van der Waals surface area contributed by atoms with Crippen LogP contribution in [0.1, 0.15) is 41.6 Å². The fraction of sp³-hybridized carbons (Fsp3) is 0.318. The van der Waals surface area contributed by atoms with E-state index in [1.54, 1.807) is 24.4 Å². The third-order valence-electron chi connectivity index (χ3n) is 5.89. The van der Waals surface area contributed by atoms with Crippen LogP contribution in [0.15, 0.2) is 35.5 Å². The maximum Gasteiger partial charge on any atom is 0.235 e. The molecule has 29 heavy (non-hydrogen) atoms. The van der Waals surface area contributed by atoms with Gasteiger partial charge in [-0.2, -0.15) is 0 Å². The van der Waals surface area contributed by atoms with Gasteiger partial charge in [0.25, 0.3) is 0 Å². The van der Waals surface area contributed by atoms with E-state index in [4.69, 9.17) is 5.73 Å². The summed E-state index contributed by atoms with van der Waals surface area (Å²) >= 11 is 0. The number of pyridine rings is 1. The van der Waals surface area contributed by atoms with Gasteiger partial charge in [-0.15, -0.1) is 0 Å².